The van der Waals surface area contributed by atoms with E-state index in [-0.39, 0.29) is 17.7 Å². The molecule has 0 aromatic carbocycles. The minimum atomic E-state index is -0.0255. The molecule has 0 spiro atoms. The zero-order valence-corrected chi connectivity index (χ0v) is 14.3. The van der Waals surface area contributed by atoms with E-state index in [1.165, 1.54) is 6.42 Å². The molecule has 0 radical (unpaired) electrons. The van der Waals surface area contributed by atoms with E-state index in [0.29, 0.717) is 24.3 Å². The molecule has 2 aliphatic rings. The summed E-state index contributed by atoms with van der Waals surface area (Å²) in [6.07, 6.45) is 8.38. The molecule has 0 aliphatic carbocycles. The van der Waals surface area contributed by atoms with Crippen LogP contribution in [-0.4, -0.2) is 62.4 Å². The summed E-state index contributed by atoms with van der Waals surface area (Å²) < 4.78 is 1.75. The fourth-order valence-electron chi connectivity index (χ4n) is 3.89. The quantitative estimate of drug-likeness (QED) is 0.832. The third kappa shape index (κ3) is 3.10. The van der Waals surface area contributed by atoms with Crippen molar-refractivity contribution in [3.05, 3.63) is 30.2 Å². The number of amides is 2. The third-order valence-corrected chi connectivity index (χ3v) is 5.35. The lowest BCUT2D eigenvalue weighted by Gasteiger charge is -2.35. The Labute approximate surface area is 146 Å². The fraction of sp³-hybridized carbons (Fsp3) is 0.556. The second kappa shape index (κ2) is 6.82. The third-order valence-electron chi connectivity index (χ3n) is 5.35. The normalized spacial score (nSPS) is 19.4. The highest BCUT2D eigenvalue weighted by molar-refractivity contribution is 5.99. The lowest BCUT2D eigenvalue weighted by molar-refractivity contribution is -0.137. The predicted octanol–water partition coefficient (Wildman–Crippen LogP) is 1.59. The first-order valence-electron chi connectivity index (χ1n) is 9.10. The van der Waals surface area contributed by atoms with Gasteiger partial charge in [-0.15, -0.1) is 10.2 Å². The van der Waals surface area contributed by atoms with Crippen molar-refractivity contribution in [2.24, 2.45) is 5.92 Å². The number of carbonyl (C=O) groups excluding carboxylic acids is 2. The monoisotopic (exact) mass is 341 g/mol. The minimum absolute atomic E-state index is 0.0255. The van der Waals surface area contributed by atoms with E-state index in [4.69, 9.17) is 0 Å². The van der Waals surface area contributed by atoms with E-state index in [0.717, 1.165) is 38.8 Å². The Morgan fingerprint density at radius 1 is 1.00 bits per heavy atom. The Bertz CT molecular complexity index is 773. The van der Waals surface area contributed by atoms with Crippen molar-refractivity contribution >= 4 is 17.5 Å². The molecule has 0 bridgehead atoms. The Balaban J connectivity index is 1.40. The average molecular weight is 341 g/mol. The first kappa shape index (κ1) is 16.1. The summed E-state index contributed by atoms with van der Waals surface area (Å²) in [5.74, 6) is 0.319. The van der Waals surface area contributed by atoms with E-state index < -0.39 is 0 Å². The van der Waals surface area contributed by atoms with Crippen LogP contribution in [0, 0.1) is 5.92 Å². The number of likely N-dealkylation sites (tertiary alicyclic amines) is 2. The summed E-state index contributed by atoms with van der Waals surface area (Å²) in [6.45, 7) is 3.04. The van der Waals surface area contributed by atoms with Crippen molar-refractivity contribution in [1.29, 1.82) is 0 Å². The second-order valence-corrected chi connectivity index (χ2v) is 6.94. The summed E-state index contributed by atoms with van der Waals surface area (Å²) >= 11 is 0. The van der Waals surface area contributed by atoms with Crippen molar-refractivity contribution in [3.8, 4) is 0 Å². The number of piperidine rings is 2. The highest BCUT2D eigenvalue weighted by atomic mass is 16.2. The summed E-state index contributed by atoms with van der Waals surface area (Å²) in [5, 5.41) is 7.91. The molecule has 7 nitrogen and oxygen atoms in total. The maximum Gasteiger partial charge on any atom is 0.257 e. The lowest BCUT2D eigenvalue weighted by atomic mass is 9.94. The minimum Gasteiger partial charge on any atom is -0.342 e. The van der Waals surface area contributed by atoms with Crippen LogP contribution >= 0.6 is 0 Å². The van der Waals surface area contributed by atoms with Crippen LogP contribution in [0.4, 0.5) is 0 Å². The maximum atomic E-state index is 12.8. The molecule has 2 fully saturated rings. The van der Waals surface area contributed by atoms with Gasteiger partial charge in [-0.2, -0.15) is 0 Å². The second-order valence-electron chi connectivity index (χ2n) is 6.94. The van der Waals surface area contributed by atoms with Crippen molar-refractivity contribution in [3.63, 3.8) is 0 Å². The summed E-state index contributed by atoms with van der Waals surface area (Å²) in [7, 11) is 0. The lowest BCUT2D eigenvalue weighted by Crippen LogP contribution is -2.45. The Kier molecular flexibility index (Phi) is 4.38. The van der Waals surface area contributed by atoms with Gasteiger partial charge >= 0.3 is 0 Å². The van der Waals surface area contributed by atoms with Crippen LogP contribution in [0.15, 0.2) is 24.7 Å². The first-order valence-corrected chi connectivity index (χ1v) is 9.10. The van der Waals surface area contributed by atoms with Crippen LogP contribution in [0.25, 0.3) is 5.65 Å². The number of fused-ring (bicyclic) bond motifs is 1. The van der Waals surface area contributed by atoms with Crippen molar-refractivity contribution in [2.45, 2.75) is 32.1 Å². The number of rotatable bonds is 2. The molecule has 0 atom stereocenters. The topological polar surface area (TPSA) is 70.8 Å². The number of aromatic nitrogens is 3. The molecule has 0 N–H and O–H groups in total. The van der Waals surface area contributed by atoms with Crippen molar-refractivity contribution in [1.82, 2.24) is 24.4 Å². The predicted molar refractivity (Wildman–Crippen MR) is 92.0 cm³/mol. The summed E-state index contributed by atoms with van der Waals surface area (Å²) in [4.78, 5) is 29.3. The van der Waals surface area contributed by atoms with Crippen LogP contribution in [0.3, 0.4) is 0 Å². The highest BCUT2D eigenvalue weighted by Gasteiger charge is 2.31. The van der Waals surface area contributed by atoms with Gasteiger partial charge in [0.05, 0.1) is 5.56 Å². The molecule has 2 amide bonds. The van der Waals surface area contributed by atoms with Gasteiger partial charge in [-0.05, 0) is 44.2 Å². The zero-order chi connectivity index (χ0) is 17.2. The Morgan fingerprint density at radius 2 is 1.76 bits per heavy atom. The molecule has 0 saturated carbocycles. The number of hydrogen-bond acceptors (Lipinski definition) is 4. The van der Waals surface area contributed by atoms with Gasteiger partial charge in [0.1, 0.15) is 6.33 Å². The van der Waals surface area contributed by atoms with Gasteiger partial charge in [0.2, 0.25) is 5.91 Å². The Morgan fingerprint density at radius 3 is 2.52 bits per heavy atom. The molecular weight excluding hydrogens is 318 g/mol. The Hall–Kier alpha value is -2.44. The molecule has 25 heavy (non-hydrogen) atoms. The zero-order valence-electron chi connectivity index (χ0n) is 14.3. The van der Waals surface area contributed by atoms with Gasteiger partial charge < -0.3 is 9.80 Å². The fourth-order valence-corrected chi connectivity index (χ4v) is 3.89. The smallest absolute Gasteiger partial charge is 0.257 e. The van der Waals surface area contributed by atoms with E-state index in [2.05, 4.69) is 10.2 Å². The van der Waals surface area contributed by atoms with Crippen LogP contribution < -0.4 is 0 Å². The first-order chi connectivity index (χ1) is 12.2. The van der Waals surface area contributed by atoms with E-state index in [9.17, 15) is 9.59 Å². The van der Waals surface area contributed by atoms with Gasteiger partial charge in [-0.25, -0.2) is 0 Å². The van der Waals surface area contributed by atoms with Gasteiger partial charge in [0, 0.05) is 38.3 Å². The molecule has 4 rings (SSSR count). The molecule has 2 saturated heterocycles. The molecule has 2 aromatic rings. The molecule has 132 valence electrons. The van der Waals surface area contributed by atoms with Crippen LogP contribution in [0.5, 0.6) is 0 Å². The van der Waals surface area contributed by atoms with Gasteiger partial charge in [0.25, 0.3) is 5.91 Å². The number of pyridine rings is 1. The summed E-state index contributed by atoms with van der Waals surface area (Å²) in [6, 6.07) is 3.62. The molecular formula is C18H23N5O2. The van der Waals surface area contributed by atoms with Crippen LogP contribution in [0.1, 0.15) is 42.5 Å². The SMILES string of the molecule is O=C(c1cccn2cnnc12)N1CCC(C(=O)N2CCCCC2)CC1. The molecule has 7 heteroatoms. The van der Waals surface area contributed by atoms with Crippen molar-refractivity contribution < 1.29 is 9.59 Å². The van der Waals surface area contributed by atoms with E-state index in [1.807, 2.05) is 22.1 Å². The van der Waals surface area contributed by atoms with E-state index >= 15 is 0 Å². The van der Waals surface area contributed by atoms with Gasteiger partial charge in [-0.1, -0.05) is 0 Å². The summed E-state index contributed by atoms with van der Waals surface area (Å²) in [5.41, 5.74) is 1.15. The average Bonchev–Trinajstić information content (AvgIpc) is 3.16. The number of carbonyl (C=O) groups is 2. The number of hydrogen-bond donors (Lipinski definition) is 0. The molecule has 4 heterocycles. The standard InChI is InChI=1S/C18H23N5O2/c24-17(21-8-2-1-3-9-21)14-6-11-22(12-7-14)18(25)15-5-4-10-23-13-19-20-16(15)23/h4-5,10,13-14H,1-3,6-9,11-12H2. The number of nitrogens with zero attached hydrogens (tertiary/aromatic N) is 5. The molecule has 2 aliphatic heterocycles. The van der Waals surface area contributed by atoms with Crippen LogP contribution in [-0.2, 0) is 4.79 Å². The van der Waals surface area contributed by atoms with E-state index in [1.54, 1.807) is 16.8 Å². The highest BCUT2D eigenvalue weighted by Crippen LogP contribution is 2.23. The van der Waals surface area contributed by atoms with Gasteiger partial charge in [0.15, 0.2) is 5.65 Å². The molecule has 2 aromatic heterocycles. The maximum absolute atomic E-state index is 12.8. The van der Waals surface area contributed by atoms with Crippen LogP contribution in [0.2, 0.25) is 0 Å². The van der Waals surface area contributed by atoms with Crippen molar-refractivity contribution in [2.75, 3.05) is 26.2 Å². The molecule has 0 unspecified atom stereocenters. The van der Waals surface area contributed by atoms with Gasteiger partial charge in [-0.3, -0.25) is 14.0 Å². The largest absolute Gasteiger partial charge is 0.342 e.